The first-order chi connectivity index (χ1) is 5.81. The molecule has 2 rings (SSSR count). The van der Waals surface area contributed by atoms with Gasteiger partial charge < -0.3 is 15.7 Å². The van der Waals surface area contributed by atoms with Crippen molar-refractivity contribution in [2.45, 2.75) is 6.17 Å². The second-order valence-corrected chi connectivity index (χ2v) is 2.60. The lowest BCUT2D eigenvalue weighted by molar-refractivity contribution is -0.107. The van der Waals surface area contributed by atoms with Crippen LogP contribution in [0.4, 0.5) is 11.4 Å². The average Bonchev–Trinajstić information content (AvgIpc) is 2.49. The van der Waals surface area contributed by atoms with E-state index in [1.165, 1.54) is 0 Å². The molecule has 1 aliphatic rings. The van der Waals surface area contributed by atoms with Crippen LogP contribution in [0.15, 0.2) is 18.2 Å². The van der Waals surface area contributed by atoms with Crippen LogP contribution in [0.5, 0.6) is 5.75 Å². The van der Waals surface area contributed by atoms with Crippen LogP contribution < -0.4 is 10.6 Å². The Hall–Kier alpha value is -1.71. The van der Waals surface area contributed by atoms with Crippen LogP contribution >= 0.6 is 0 Å². The molecule has 3 N–H and O–H groups in total. The third-order valence-corrected chi connectivity index (χ3v) is 1.79. The number of carbonyl (C=O) groups excluding carboxylic acids is 1. The summed E-state index contributed by atoms with van der Waals surface area (Å²) in [6.07, 6.45) is 0.327. The number of benzene rings is 1. The SMILES string of the molecule is O=CC1Nc2cccc(O)c2N1. The Balaban J connectivity index is 2.41. The molecule has 1 aliphatic heterocycles. The third kappa shape index (κ3) is 0.887. The molecule has 0 saturated heterocycles. The fraction of sp³-hybridized carbons (Fsp3) is 0.125. The van der Waals surface area contributed by atoms with E-state index in [1.54, 1.807) is 18.2 Å². The minimum absolute atomic E-state index is 0.157. The van der Waals surface area contributed by atoms with E-state index in [-0.39, 0.29) is 5.75 Å². The first-order valence-electron chi connectivity index (χ1n) is 3.61. The predicted octanol–water partition coefficient (Wildman–Crippen LogP) is 0.755. The average molecular weight is 164 g/mol. The topological polar surface area (TPSA) is 61.4 Å². The zero-order valence-corrected chi connectivity index (χ0v) is 6.24. The summed E-state index contributed by atoms with van der Waals surface area (Å²) in [5, 5.41) is 15.0. The number of carbonyl (C=O) groups is 1. The van der Waals surface area contributed by atoms with Gasteiger partial charge in [0.25, 0.3) is 0 Å². The van der Waals surface area contributed by atoms with E-state index in [4.69, 9.17) is 0 Å². The fourth-order valence-electron chi connectivity index (χ4n) is 1.24. The van der Waals surface area contributed by atoms with Crippen molar-refractivity contribution in [1.82, 2.24) is 0 Å². The van der Waals surface area contributed by atoms with Gasteiger partial charge in [-0.15, -0.1) is 0 Å². The molecule has 0 fully saturated rings. The van der Waals surface area contributed by atoms with E-state index in [0.717, 1.165) is 12.0 Å². The van der Waals surface area contributed by atoms with Gasteiger partial charge in [0.15, 0.2) is 12.5 Å². The van der Waals surface area contributed by atoms with Crippen LogP contribution in [0.1, 0.15) is 0 Å². The molecule has 62 valence electrons. The van der Waals surface area contributed by atoms with Gasteiger partial charge >= 0.3 is 0 Å². The lowest BCUT2D eigenvalue weighted by Gasteiger charge is -2.01. The second kappa shape index (κ2) is 2.41. The van der Waals surface area contributed by atoms with Gasteiger partial charge in [-0.1, -0.05) is 6.07 Å². The van der Waals surface area contributed by atoms with Gasteiger partial charge in [0, 0.05) is 0 Å². The summed E-state index contributed by atoms with van der Waals surface area (Å²) >= 11 is 0. The monoisotopic (exact) mass is 164 g/mol. The minimum atomic E-state index is -0.423. The molecule has 1 aromatic rings. The Morgan fingerprint density at radius 3 is 2.92 bits per heavy atom. The number of phenols is 1. The van der Waals surface area contributed by atoms with Gasteiger partial charge in [0.2, 0.25) is 0 Å². The summed E-state index contributed by atoms with van der Waals surface area (Å²) < 4.78 is 0. The van der Waals surface area contributed by atoms with Crippen molar-refractivity contribution < 1.29 is 9.90 Å². The summed E-state index contributed by atoms with van der Waals surface area (Å²) in [5.74, 6) is 0.157. The molecule has 1 atom stereocenters. The fourth-order valence-corrected chi connectivity index (χ4v) is 1.24. The van der Waals surface area contributed by atoms with Crippen molar-refractivity contribution in [1.29, 1.82) is 0 Å². The Kier molecular flexibility index (Phi) is 1.40. The summed E-state index contributed by atoms with van der Waals surface area (Å²) in [5.41, 5.74) is 1.35. The van der Waals surface area contributed by atoms with Crippen LogP contribution in [-0.4, -0.2) is 17.6 Å². The highest BCUT2D eigenvalue weighted by Gasteiger charge is 2.20. The van der Waals surface area contributed by atoms with Crippen LogP contribution in [0.3, 0.4) is 0 Å². The van der Waals surface area contributed by atoms with Crippen molar-refractivity contribution in [3.05, 3.63) is 18.2 Å². The number of para-hydroxylation sites is 1. The van der Waals surface area contributed by atoms with E-state index >= 15 is 0 Å². The van der Waals surface area contributed by atoms with Gasteiger partial charge in [-0.3, -0.25) is 4.79 Å². The number of aromatic hydroxyl groups is 1. The second-order valence-electron chi connectivity index (χ2n) is 2.60. The van der Waals surface area contributed by atoms with Gasteiger partial charge in [0.1, 0.15) is 11.4 Å². The molecule has 0 saturated carbocycles. The van der Waals surface area contributed by atoms with Crippen molar-refractivity contribution in [2.24, 2.45) is 0 Å². The van der Waals surface area contributed by atoms with E-state index < -0.39 is 6.17 Å². The molecule has 4 nitrogen and oxygen atoms in total. The standard InChI is InChI=1S/C8H8N2O2/c11-4-7-9-5-2-1-3-6(12)8(5)10-7/h1-4,7,9-10,12H. The molecule has 0 aliphatic carbocycles. The van der Waals surface area contributed by atoms with Crippen molar-refractivity contribution in [3.8, 4) is 5.75 Å². The molecule has 1 heterocycles. The quantitative estimate of drug-likeness (QED) is 0.423. The molecule has 0 aromatic heterocycles. The summed E-state index contributed by atoms with van der Waals surface area (Å²) in [4.78, 5) is 10.4. The lowest BCUT2D eigenvalue weighted by Crippen LogP contribution is -2.23. The maximum Gasteiger partial charge on any atom is 0.162 e. The number of aldehydes is 1. The van der Waals surface area contributed by atoms with Gasteiger partial charge in [-0.2, -0.15) is 0 Å². The Bertz CT molecular complexity index is 325. The van der Waals surface area contributed by atoms with Crippen LogP contribution in [0, 0.1) is 0 Å². The minimum Gasteiger partial charge on any atom is -0.506 e. The third-order valence-electron chi connectivity index (χ3n) is 1.79. The molecule has 0 spiro atoms. The number of nitrogens with one attached hydrogen (secondary N) is 2. The number of hydrogen-bond acceptors (Lipinski definition) is 4. The van der Waals surface area contributed by atoms with Crippen molar-refractivity contribution in [3.63, 3.8) is 0 Å². The molecule has 12 heavy (non-hydrogen) atoms. The molecule has 0 amide bonds. The van der Waals surface area contributed by atoms with E-state index in [2.05, 4.69) is 10.6 Å². The van der Waals surface area contributed by atoms with Gasteiger partial charge in [-0.05, 0) is 12.1 Å². The molecule has 0 radical (unpaired) electrons. The molecular weight excluding hydrogens is 156 g/mol. The highest BCUT2D eigenvalue weighted by Crippen LogP contribution is 2.35. The Labute approximate surface area is 69.2 Å². The van der Waals surface area contributed by atoms with Crippen molar-refractivity contribution in [2.75, 3.05) is 10.6 Å². The zero-order chi connectivity index (χ0) is 8.55. The van der Waals surface area contributed by atoms with Gasteiger partial charge in [0.05, 0.1) is 5.69 Å². The zero-order valence-electron chi connectivity index (χ0n) is 6.24. The van der Waals surface area contributed by atoms with E-state index in [1.807, 2.05) is 0 Å². The molecule has 1 aromatic carbocycles. The maximum absolute atomic E-state index is 10.4. The molecule has 1 unspecified atom stereocenters. The molecule has 4 heteroatoms. The number of anilines is 2. The van der Waals surface area contributed by atoms with Gasteiger partial charge in [-0.25, -0.2) is 0 Å². The number of rotatable bonds is 1. The normalized spacial score (nSPS) is 19.2. The largest absolute Gasteiger partial charge is 0.506 e. The van der Waals surface area contributed by atoms with E-state index in [0.29, 0.717) is 5.69 Å². The van der Waals surface area contributed by atoms with E-state index in [9.17, 15) is 9.90 Å². The molecular formula is C8H8N2O2. The van der Waals surface area contributed by atoms with Crippen LogP contribution in [0.2, 0.25) is 0 Å². The van der Waals surface area contributed by atoms with Crippen molar-refractivity contribution >= 4 is 17.7 Å². The number of hydrogen-bond donors (Lipinski definition) is 3. The lowest BCUT2D eigenvalue weighted by atomic mass is 10.2. The first kappa shape index (κ1) is 6.97. The smallest absolute Gasteiger partial charge is 0.162 e. The Morgan fingerprint density at radius 2 is 2.25 bits per heavy atom. The summed E-state index contributed by atoms with van der Waals surface area (Å²) in [6.45, 7) is 0. The summed E-state index contributed by atoms with van der Waals surface area (Å²) in [6, 6.07) is 5.09. The summed E-state index contributed by atoms with van der Waals surface area (Å²) in [7, 11) is 0. The maximum atomic E-state index is 10.4. The highest BCUT2D eigenvalue weighted by atomic mass is 16.3. The highest BCUT2D eigenvalue weighted by molar-refractivity contribution is 5.86. The first-order valence-corrected chi connectivity index (χ1v) is 3.61. The van der Waals surface area contributed by atoms with Crippen LogP contribution in [-0.2, 0) is 4.79 Å². The van der Waals surface area contributed by atoms with Crippen LogP contribution in [0.25, 0.3) is 0 Å². The number of phenolic OH excluding ortho intramolecular Hbond substituents is 1. The number of fused-ring (bicyclic) bond motifs is 1. The predicted molar refractivity (Wildman–Crippen MR) is 45.2 cm³/mol. The Morgan fingerprint density at radius 1 is 1.42 bits per heavy atom. The molecule has 0 bridgehead atoms.